The van der Waals surface area contributed by atoms with Crippen molar-refractivity contribution in [2.45, 2.75) is 52.6 Å². The van der Waals surface area contributed by atoms with Crippen LogP contribution in [0.1, 0.15) is 50.9 Å². The molecule has 1 N–H and O–H groups in total. The number of hydrogen-bond donors (Lipinski definition) is 1. The monoisotopic (exact) mass is 441 g/mol. The van der Waals surface area contributed by atoms with E-state index in [2.05, 4.69) is 20.2 Å². The van der Waals surface area contributed by atoms with E-state index in [1.165, 1.54) is 18.5 Å². The molecular weight excluding hydrogens is 409 g/mol. The first-order valence-corrected chi connectivity index (χ1v) is 11.4. The summed E-state index contributed by atoms with van der Waals surface area (Å²) in [7, 11) is 0. The van der Waals surface area contributed by atoms with Crippen molar-refractivity contribution in [3.8, 4) is 11.5 Å². The Bertz CT molecular complexity index is 967. The zero-order valence-electron chi connectivity index (χ0n) is 19.3. The fourth-order valence-electron chi connectivity index (χ4n) is 4.93. The standard InChI is InChI=1S/C24H32FN5O2/c1-16(2)30(17(3)4)23(31)18-5-6-20(19(25)11-18)32-21-12-27-15-28-22(21)29-10-8-24(14-29)7-9-26-13-24/h5-6,11-12,15-17,26H,7-10,13-14H2,1-4H3. The number of rotatable bonds is 6. The van der Waals surface area contributed by atoms with Gasteiger partial charge in [-0.3, -0.25) is 4.79 Å². The molecule has 2 aliphatic rings. The molecule has 2 aromatic rings. The number of aromatic nitrogens is 2. The first-order chi connectivity index (χ1) is 15.3. The van der Waals surface area contributed by atoms with E-state index in [-0.39, 0.29) is 29.2 Å². The minimum absolute atomic E-state index is 0.0179. The molecule has 2 fully saturated rings. The minimum Gasteiger partial charge on any atom is -0.449 e. The van der Waals surface area contributed by atoms with Crippen molar-refractivity contribution in [2.75, 3.05) is 31.1 Å². The van der Waals surface area contributed by atoms with Crippen molar-refractivity contribution in [3.63, 3.8) is 0 Å². The first kappa shape index (κ1) is 22.5. The van der Waals surface area contributed by atoms with Gasteiger partial charge in [-0.15, -0.1) is 0 Å². The average molecular weight is 442 g/mol. The summed E-state index contributed by atoms with van der Waals surface area (Å²) in [5.41, 5.74) is 0.575. The molecule has 8 heteroatoms. The van der Waals surface area contributed by atoms with E-state index >= 15 is 0 Å². The molecule has 0 bridgehead atoms. The number of hydrogen-bond acceptors (Lipinski definition) is 6. The number of anilines is 1. The summed E-state index contributed by atoms with van der Waals surface area (Å²) >= 11 is 0. The van der Waals surface area contributed by atoms with Crippen molar-refractivity contribution in [1.29, 1.82) is 0 Å². The highest BCUT2D eigenvalue weighted by molar-refractivity contribution is 5.94. The van der Waals surface area contributed by atoms with Gasteiger partial charge in [0.1, 0.15) is 6.33 Å². The molecule has 32 heavy (non-hydrogen) atoms. The molecule has 1 unspecified atom stereocenters. The molecule has 0 aliphatic carbocycles. The predicted octanol–water partition coefficient (Wildman–Crippen LogP) is 3.86. The fourth-order valence-corrected chi connectivity index (χ4v) is 4.93. The zero-order valence-corrected chi connectivity index (χ0v) is 19.3. The van der Waals surface area contributed by atoms with Crippen molar-refractivity contribution >= 4 is 11.7 Å². The van der Waals surface area contributed by atoms with Crippen LogP contribution in [0.5, 0.6) is 11.5 Å². The van der Waals surface area contributed by atoms with Crippen LogP contribution in [-0.4, -0.2) is 59.0 Å². The summed E-state index contributed by atoms with van der Waals surface area (Å²) in [5.74, 6) is 0.357. The zero-order chi connectivity index (χ0) is 22.9. The number of benzene rings is 1. The predicted molar refractivity (Wildman–Crippen MR) is 122 cm³/mol. The SMILES string of the molecule is CC(C)N(C(=O)c1ccc(Oc2cncnc2N2CCC3(CCNC3)C2)c(F)c1)C(C)C. The Labute approximate surface area is 189 Å². The van der Waals surface area contributed by atoms with Gasteiger partial charge in [-0.25, -0.2) is 14.4 Å². The molecule has 2 aliphatic heterocycles. The third kappa shape index (κ3) is 4.41. The van der Waals surface area contributed by atoms with E-state index in [4.69, 9.17) is 4.74 Å². The second kappa shape index (κ2) is 9.02. The normalized spacial score (nSPS) is 20.5. The van der Waals surface area contributed by atoms with Crippen molar-refractivity contribution in [2.24, 2.45) is 5.41 Å². The number of carbonyl (C=O) groups is 1. The van der Waals surface area contributed by atoms with Crippen LogP contribution >= 0.6 is 0 Å². The molecule has 172 valence electrons. The maximum absolute atomic E-state index is 15.0. The summed E-state index contributed by atoms with van der Waals surface area (Å²) in [4.78, 5) is 25.3. The van der Waals surface area contributed by atoms with Gasteiger partial charge in [-0.1, -0.05) is 0 Å². The van der Waals surface area contributed by atoms with E-state index in [9.17, 15) is 9.18 Å². The summed E-state index contributed by atoms with van der Waals surface area (Å²) in [6.45, 7) is 11.6. The second-order valence-electron chi connectivity index (χ2n) is 9.46. The van der Waals surface area contributed by atoms with E-state index < -0.39 is 5.82 Å². The Hall–Kier alpha value is -2.74. The topological polar surface area (TPSA) is 70.6 Å². The van der Waals surface area contributed by atoms with E-state index in [0.29, 0.717) is 17.1 Å². The van der Waals surface area contributed by atoms with Crippen LogP contribution in [-0.2, 0) is 0 Å². The van der Waals surface area contributed by atoms with Gasteiger partial charge in [0.05, 0.1) is 6.20 Å². The number of halogens is 1. The van der Waals surface area contributed by atoms with Crippen LogP contribution < -0.4 is 15.0 Å². The lowest BCUT2D eigenvalue weighted by Crippen LogP contribution is -2.42. The van der Waals surface area contributed by atoms with Crippen molar-refractivity contribution < 1.29 is 13.9 Å². The Morgan fingerprint density at radius 1 is 1.22 bits per heavy atom. The molecule has 3 heterocycles. The lowest BCUT2D eigenvalue weighted by Gasteiger charge is -2.31. The Balaban J connectivity index is 1.54. The highest BCUT2D eigenvalue weighted by Gasteiger charge is 2.41. The molecule has 0 saturated carbocycles. The third-order valence-electron chi connectivity index (χ3n) is 6.47. The van der Waals surface area contributed by atoms with Gasteiger partial charge in [0, 0.05) is 42.7 Å². The Morgan fingerprint density at radius 2 is 2.00 bits per heavy atom. The molecule has 1 atom stereocenters. The number of amides is 1. The lowest BCUT2D eigenvalue weighted by molar-refractivity contribution is 0.0643. The summed E-state index contributed by atoms with van der Waals surface area (Å²) < 4.78 is 20.9. The smallest absolute Gasteiger partial charge is 0.254 e. The molecule has 2 saturated heterocycles. The van der Waals surface area contributed by atoms with E-state index in [1.807, 2.05) is 27.7 Å². The summed E-state index contributed by atoms with van der Waals surface area (Å²) in [6, 6.07) is 4.39. The molecule has 4 rings (SSSR count). The highest BCUT2D eigenvalue weighted by Crippen LogP contribution is 2.40. The van der Waals surface area contributed by atoms with E-state index in [1.54, 1.807) is 17.2 Å². The quantitative estimate of drug-likeness (QED) is 0.734. The van der Waals surface area contributed by atoms with Gasteiger partial charge < -0.3 is 19.9 Å². The van der Waals surface area contributed by atoms with Gasteiger partial charge in [0.2, 0.25) is 0 Å². The highest BCUT2D eigenvalue weighted by atomic mass is 19.1. The molecule has 7 nitrogen and oxygen atoms in total. The number of nitrogens with zero attached hydrogens (tertiary/aromatic N) is 4. The number of ether oxygens (including phenoxy) is 1. The van der Waals surface area contributed by atoms with Gasteiger partial charge in [-0.05, 0) is 65.3 Å². The average Bonchev–Trinajstić information content (AvgIpc) is 3.39. The number of carbonyl (C=O) groups excluding carboxylic acids is 1. The summed E-state index contributed by atoms with van der Waals surface area (Å²) in [6.07, 6.45) is 5.30. The minimum atomic E-state index is -0.587. The molecular formula is C24H32FN5O2. The second-order valence-corrected chi connectivity index (χ2v) is 9.46. The van der Waals surface area contributed by atoms with Gasteiger partial charge >= 0.3 is 0 Å². The summed E-state index contributed by atoms with van der Waals surface area (Å²) in [5, 5.41) is 3.45. The first-order valence-electron chi connectivity index (χ1n) is 11.4. The van der Waals surface area contributed by atoms with E-state index in [0.717, 1.165) is 39.0 Å². The lowest BCUT2D eigenvalue weighted by atomic mass is 9.87. The molecule has 1 aromatic carbocycles. The van der Waals surface area contributed by atoms with Crippen molar-refractivity contribution in [3.05, 3.63) is 42.1 Å². The van der Waals surface area contributed by atoms with Crippen LogP contribution in [0.2, 0.25) is 0 Å². The van der Waals surface area contributed by atoms with Crippen LogP contribution in [0.25, 0.3) is 0 Å². The van der Waals surface area contributed by atoms with Gasteiger partial charge in [-0.2, -0.15) is 0 Å². The molecule has 1 amide bonds. The maximum Gasteiger partial charge on any atom is 0.254 e. The number of nitrogens with one attached hydrogen (secondary N) is 1. The maximum atomic E-state index is 15.0. The van der Waals surface area contributed by atoms with Gasteiger partial charge in [0.25, 0.3) is 5.91 Å². The van der Waals surface area contributed by atoms with Crippen LogP contribution in [0.4, 0.5) is 10.2 Å². The fraction of sp³-hybridized carbons (Fsp3) is 0.542. The Kier molecular flexibility index (Phi) is 6.33. The molecule has 1 aromatic heterocycles. The van der Waals surface area contributed by atoms with Crippen LogP contribution in [0.15, 0.2) is 30.7 Å². The van der Waals surface area contributed by atoms with Crippen LogP contribution in [0.3, 0.4) is 0 Å². The van der Waals surface area contributed by atoms with Crippen LogP contribution in [0, 0.1) is 11.2 Å². The molecule has 1 spiro atoms. The third-order valence-corrected chi connectivity index (χ3v) is 6.47. The van der Waals surface area contributed by atoms with Gasteiger partial charge in [0.15, 0.2) is 23.1 Å². The largest absolute Gasteiger partial charge is 0.449 e. The Morgan fingerprint density at radius 3 is 2.66 bits per heavy atom. The molecule has 0 radical (unpaired) electrons. The van der Waals surface area contributed by atoms with Crippen molar-refractivity contribution in [1.82, 2.24) is 20.2 Å².